The fourth-order valence-corrected chi connectivity index (χ4v) is 10.5. The van der Waals surface area contributed by atoms with E-state index in [1.54, 1.807) is 0 Å². The number of hydrogen-bond acceptors (Lipinski definition) is 1. The molecule has 0 bridgehead atoms. The van der Waals surface area contributed by atoms with Crippen molar-refractivity contribution < 1.29 is 5.11 Å². The Morgan fingerprint density at radius 1 is 0.630 bits per heavy atom. The number of aliphatic hydroxyl groups is 1. The van der Waals surface area contributed by atoms with E-state index in [2.05, 4.69) is 34.6 Å². The first-order chi connectivity index (χ1) is 12.6. The third-order valence-corrected chi connectivity index (χ3v) is 11.9. The molecule has 9 unspecified atom stereocenters. The third-order valence-electron chi connectivity index (χ3n) is 11.9. The van der Waals surface area contributed by atoms with Gasteiger partial charge in [-0.05, 0) is 115 Å². The lowest BCUT2D eigenvalue weighted by Crippen LogP contribution is -2.63. The van der Waals surface area contributed by atoms with Crippen LogP contribution in [0.5, 0.6) is 0 Å². The number of fused-ring (bicyclic) bond motifs is 7. The predicted octanol–water partition coefficient (Wildman–Crippen LogP) is 6.83. The van der Waals surface area contributed by atoms with Crippen molar-refractivity contribution in [3.05, 3.63) is 0 Å². The molecular formula is C26H44O. The Morgan fingerprint density at radius 2 is 1.37 bits per heavy atom. The van der Waals surface area contributed by atoms with E-state index in [1.807, 2.05) is 0 Å². The van der Waals surface area contributed by atoms with E-state index in [9.17, 15) is 5.11 Å². The van der Waals surface area contributed by atoms with Crippen molar-refractivity contribution in [2.45, 2.75) is 111 Å². The lowest BCUT2D eigenvalue weighted by Gasteiger charge is -2.69. The van der Waals surface area contributed by atoms with E-state index in [1.165, 1.54) is 64.2 Å². The van der Waals surface area contributed by atoms with E-state index >= 15 is 0 Å². The van der Waals surface area contributed by atoms with Gasteiger partial charge in [-0.3, -0.25) is 0 Å². The second kappa shape index (κ2) is 5.77. The highest BCUT2D eigenvalue weighted by Gasteiger charge is 2.65. The Bertz CT molecular complexity index is 609. The Balaban J connectivity index is 1.48. The molecule has 9 atom stereocenters. The molecule has 5 saturated carbocycles. The molecule has 0 aromatic carbocycles. The standard InChI is InChI=1S/C26H44O/c1-23(2)20-11-15-25(4)19-10-14-24(3)13-6-7-18(24)17(19)8-9-21(25)26(20,5)16-12-22(23)27/h17-22,27H,6-16H2,1-5H3. The Hall–Kier alpha value is -0.0400. The van der Waals surface area contributed by atoms with Gasteiger partial charge in [-0.15, -0.1) is 0 Å². The molecule has 0 radical (unpaired) electrons. The third kappa shape index (κ3) is 2.33. The molecule has 27 heavy (non-hydrogen) atoms. The topological polar surface area (TPSA) is 20.2 Å². The summed E-state index contributed by atoms with van der Waals surface area (Å²) in [6.07, 6.45) is 15.5. The molecule has 0 heterocycles. The van der Waals surface area contributed by atoms with Crippen LogP contribution in [0.4, 0.5) is 0 Å². The summed E-state index contributed by atoms with van der Waals surface area (Å²) in [6.45, 7) is 12.8. The van der Waals surface area contributed by atoms with Crippen molar-refractivity contribution in [3.63, 3.8) is 0 Å². The monoisotopic (exact) mass is 372 g/mol. The normalized spacial score (nSPS) is 59.3. The summed E-state index contributed by atoms with van der Waals surface area (Å²) in [4.78, 5) is 0. The highest BCUT2D eigenvalue weighted by Crippen LogP contribution is 2.72. The lowest BCUT2D eigenvalue weighted by molar-refractivity contribution is -0.213. The largest absolute Gasteiger partial charge is 0.393 e. The number of rotatable bonds is 0. The smallest absolute Gasteiger partial charge is 0.0594 e. The highest BCUT2D eigenvalue weighted by molar-refractivity contribution is 5.14. The fourth-order valence-electron chi connectivity index (χ4n) is 10.5. The summed E-state index contributed by atoms with van der Waals surface area (Å²) < 4.78 is 0. The molecule has 5 aliphatic carbocycles. The van der Waals surface area contributed by atoms with Crippen molar-refractivity contribution in [1.29, 1.82) is 0 Å². The minimum atomic E-state index is -0.0925. The molecule has 0 aliphatic heterocycles. The molecule has 0 saturated heterocycles. The van der Waals surface area contributed by atoms with Crippen LogP contribution >= 0.6 is 0 Å². The quantitative estimate of drug-likeness (QED) is 0.494. The van der Waals surface area contributed by atoms with Gasteiger partial charge in [0.2, 0.25) is 0 Å². The van der Waals surface area contributed by atoms with E-state index in [0.717, 1.165) is 30.1 Å². The van der Waals surface area contributed by atoms with Gasteiger partial charge >= 0.3 is 0 Å². The zero-order valence-corrected chi connectivity index (χ0v) is 18.7. The average Bonchev–Trinajstić information content (AvgIpc) is 3.00. The van der Waals surface area contributed by atoms with Gasteiger partial charge in [0, 0.05) is 0 Å². The predicted molar refractivity (Wildman–Crippen MR) is 112 cm³/mol. The van der Waals surface area contributed by atoms with Crippen LogP contribution in [-0.2, 0) is 0 Å². The van der Waals surface area contributed by atoms with Crippen LogP contribution in [0.15, 0.2) is 0 Å². The van der Waals surface area contributed by atoms with Crippen molar-refractivity contribution in [2.24, 2.45) is 51.2 Å². The molecular weight excluding hydrogens is 328 g/mol. The first-order valence-electron chi connectivity index (χ1n) is 12.3. The molecule has 1 nitrogen and oxygen atoms in total. The first-order valence-corrected chi connectivity index (χ1v) is 12.3. The Morgan fingerprint density at radius 3 is 2.15 bits per heavy atom. The molecule has 0 aromatic heterocycles. The molecule has 0 aromatic rings. The molecule has 0 amide bonds. The van der Waals surface area contributed by atoms with Gasteiger partial charge in [0.05, 0.1) is 6.10 Å². The van der Waals surface area contributed by atoms with Gasteiger partial charge in [0.15, 0.2) is 0 Å². The number of hydrogen-bond donors (Lipinski definition) is 1. The average molecular weight is 373 g/mol. The second-order valence-corrected chi connectivity index (χ2v) is 13.1. The van der Waals surface area contributed by atoms with Crippen LogP contribution in [-0.4, -0.2) is 11.2 Å². The van der Waals surface area contributed by atoms with Crippen molar-refractivity contribution in [1.82, 2.24) is 0 Å². The van der Waals surface area contributed by atoms with Crippen LogP contribution in [0, 0.1) is 51.2 Å². The van der Waals surface area contributed by atoms with Gasteiger partial charge in [-0.2, -0.15) is 0 Å². The SMILES string of the molecule is CC12CCCC1C1CCC3C(C)(CCC4C(C)(C)C(O)CCC43C)C1CC2. The second-order valence-electron chi connectivity index (χ2n) is 13.1. The van der Waals surface area contributed by atoms with Crippen LogP contribution in [0.25, 0.3) is 0 Å². The van der Waals surface area contributed by atoms with Gasteiger partial charge < -0.3 is 5.11 Å². The molecule has 5 rings (SSSR count). The maximum atomic E-state index is 10.8. The van der Waals surface area contributed by atoms with E-state index in [0.29, 0.717) is 22.2 Å². The van der Waals surface area contributed by atoms with Crippen LogP contribution in [0.2, 0.25) is 0 Å². The summed E-state index contributed by atoms with van der Waals surface area (Å²) in [5.74, 6) is 4.64. The summed E-state index contributed by atoms with van der Waals surface area (Å²) in [5, 5.41) is 10.8. The molecule has 5 fully saturated rings. The zero-order valence-electron chi connectivity index (χ0n) is 18.7. The van der Waals surface area contributed by atoms with Crippen LogP contribution in [0.1, 0.15) is 105 Å². The van der Waals surface area contributed by atoms with E-state index < -0.39 is 0 Å². The summed E-state index contributed by atoms with van der Waals surface area (Å²) in [5.41, 5.74) is 1.80. The Labute approximate surface area is 168 Å². The molecule has 154 valence electrons. The van der Waals surface area contributed by atoms with Crippen molar-refractivity contribution >= 4 is 0 Å². The zero-order chi connectivity index (χ0) is 19.2. The highest BCUT2D eigenvalue weighted by atomic mass is 16.3. The maximum Gasteiger partial charge on any atom is 0.0594 e. The lowest BCUT2D eigenvalue weighted by atomic mass is 9.36. The molecule has 5 aliphatic rings. The molecule has 0 spiro atoms. The summed E-state index contributed by atoms with van der Waals surface area (Å²) >= 11 is 0. The van der Waals surface area contributed by atoms with Gasteiger partial charge in [0.25, 0.3) is 0 Å². The molecule has 1 N–H and O–H groups in total. The van der Waals surface area contributed by atoms with E-state index in [4.69, 9.17) is 0 Å². The van der Waals surface area contributed by atoms with Gasteiger partial charge in [-0.1, -0.05) is 41.0 Å². The summed E-state index contributed by atoms with van der Waals surface area (Å²) in [6, 6.07) is 0. The van der Waals surface area contributed by atoms with Crippen molar-refractivity contribution in [3.8, 4) is 0 Å². The fraction of sp³-hybridized carbons (Fsp3) is 1.00. The minimum absolute atomic E-state index is 0.0925. The summed E-state index contributed by atoms with van der Waals surface area (Å²) in [7, 11) is 0. The minimum Gasteiger partial charge on any atom is -0.393 e. The number of aliphatic hydroxyl groups excluding tert-OH is 1. The molecule has 1 heteroatoms. The Kier molecular flexibility index (Phi) is 4.05. The van der Waals surface area contributed by atoms with E-state index in [-0.39, 0.29) is 11.5 Å². The van der Waals surface area contributed by atoms with Gasteiger partial charge in [0.1, 0.15) is 0 Å². The first kappa shape index (κ1) is 19.0. The van der Waals surface area contributed by atoms with Gasteiger partial charge in [-0.25, -0.2) is 0 Å². The van der Waals surface area contributed by atoms with Crippen LogP contribution < -0.4 is 0 Å². The maximum absolute atomic E-state index is 10.8. The van der Waals surface area contributed by atoms with Crippen LogP contribution in [0.3, 0.4) is 0 Å². The van der Waals surface area contributed by atoms with Crippen molar-refractivity contribution in [2.75, 3.05) is 0 Å².